The van der Waals surface area contributed by atoms with E-state index < -0.39 is 0 Å². The van der Waals surface area contributed by atoms with Crippen LogP contribution in [0.4, 0.5) is 11.5 Å². The van der Waals surface area contributed by atoms with Gasteiger partial charge >= 0.3 is 0 Å². The fourth-order valence-corrected chi connectivity index (χ4v) is 5.09. The fourth-order valence-electron chi connectivity index (χ4n) is 3.98. The van der Waals surface area contributed by atoms with Gasteiger partial charge < -0.3 is 15.5 Å². The summed E-state index contributed by atoms with van der Waals surface area (Å²) in [4.78, 5) is 20.5. The molecule has 0 unspecified atom stereocenters. The molecule has 1 fully saturated rings. The van der Waals surface area contributed by atoms with Crippen molar-refractivity contribution in [3.63, 3.8) is 0 Å². The Morgan fingerprint density at radius 1 is 1.12 bits per heavy atom. The summed E-state index contributed by atoms with van der Waals surface area (Å²) in [7, 11) is 0. The Labute approximate surface area is 156 Å². The molecule has 0 atom stereocenters. The van der Waals surface area contributed by atoms with Crippen molar-refractivity contribution in [1.82, 2.24) is 10.3 Å². The van der Waals surface area contributed by atoms with Crippen molar-refractivity contribution in [3.8, 4) is 0 Å². The number of benzene rings is 1. The molecular weight excluding hydrogens is 344 g/mol. The first-order chi connectivity index (χ1) is 12.7. The quantitative estimate of drug-likeness (QED) is 0.687. The van der Waals surface area contributed by atoms with Gasteiger partial charge in [-0.1, -0.05) is 6.92 Å². The van der Waals surface area contributed by atoms with Gasteiger partial charge in [-0.05, 0) is 43.0 Å². The molecule has 2 aliphatic heterocycles. The topological polar surface area (TPSA) is 57.3 Å². The van der Waals surface area contributed by atoms with E-state index in [0.29, 0.717) is 6.54 Å². The molecule has 2 aromatic heterocycles. The number of anilines is 2. The van der Waals surface area contributed by atoms with E-state index in [9.17, 15) is 4.79 Å². The molecular formula is C20H22N4OS. The van der Waals surface area contributed by atoms with Gasteiger partial charge in [0.15, 0.2) is 0 Å². The molecule has 1 aromatic carbocycles. The van der Waals surface area contributed by atoms with Gasteiger partial charge in [-0.15, -0.1) is 11.3 Å². The summed E-state index contributed by atoms with van der Waals surface area (Å²) in [6, 6.07) is 8.50. The van der Waals surface area contributed by atoms with E-state index >= 15 is 0 Å². The average molecular weight is 366 g/mol. The van der Waals surface area contributed by atoms with Crippen molar-refractivity contribution in [3.05, 3.63) is 29.1 Å². The van der Waals surface area contributed by atoms with Crippen LogP contribution in [-0.4, -0.2) is 37.1 Å². The molecule has 2 N–H and O–H groups in total. The smallest absolute Gasteiger partial charge is 0.263 e. The van der Waals surface area contributed by atoms with Crippen LogP contribution in [0.25, 0.3) is 21.0 Å². The summed E-state index contributed by atoms with van der Waals surface area (Å²) in [6.07, 6.45) is 2.46. The van der Waals surface area contributed by atoms with E-state index in [1.165, 1.54) is 12.8 Å². The lowest BCUT2D eigenvalue weighted by Gasteiger charge is -2.31. The third-order valence-electron chi connectivity index (χ3n) is 5.53. The van der Waals surface area contributed by atoms with Crippen molar-refractivity contribution >= 4 is 49.7 Å². The Kier molecular flexibility index (Phi) is 3.74. The first-order valence-electron chi connectivity index (χ1n) is 9.34. The second-order valence-electron chi connectivity index (χ2n) is 7.33. The molecule has 4 heterocycles. The highest BCUT2D eigenvalue weighted by Gasteiger charge is 2.23. The lowest BCUT2D eigenvalue weighted by molar-refractivity contribution is 0.0962. The van der Waals surface area contributed by atoms with Crippen LogP contribution in [0.15, 0.2) is 24.3 Å². The lowest BCUT2D eigenvalue weighted by Crippen LogP contribution is -2.33. The van der Waals surface area contributed by atoms with Gasteiger partial charge in [0.05, 0.1) is 11.2 Å². The number of aromatic nitrogens is 1. The molecule has 0 saturated carbocycles. The Morgan fingerprint density at radius 2 is 1.92 bits per heavy atom. The second-order valence-corrected chi connectivity index (χ2v) is 8.39. The van der Waals surface area contributed by atoms with Crippen LogP contribution in [0, 0.1) is 5.92 Å². The van der Waals surface area contributed by atoms with Gasteiger partial charge in [0.1, 0.15) is 10.7 Å². The summed E-state index contributed by atoms with van der Waals surface area (Å²) in [5.74, 6) is 1.90. The maximum absolute atomic E-state index is 12.3. The molecule has 2 aliphatic rings. The van der Waals surface area contributed by atoms with Crippen molar-refractivity contribution in [2.24, 2.45) is 5.92 Å². The molecule has 0 spiro atoms. The fraction of sp³-hybridized carbons (Fsp3) is 0.400. The third-order valence-corrected chi connectivity index (χ3v) is 6.69. The Hall–Kier alpha value is -2.34. The van der Waals surface area contributed by atoms with Gasteiger partial charge in [-0.3, -0.25) is 4.79 Å². The maximum atomic E-state index is 12.3. The molecule has 0 radical (unpaired) electrons. The number of hydrogen-bond donors (Lipinski definition) is 2. The van der Waals surface area contributed by atoms with Crippen LogP contribution < -0.4 is 15.5 Å². The molecule has 0 bridgehead atoms. The van der Waals surface area contributed by atoms with Crippen LogP contribution >= 0.6 is 11.3 Å². The predicted octanol–water partition coefficient (Wildman–Crippen LogP) is 3.84. The number of amides is 1. The van der Waals surface area contributed by atoms with Crippen molar-refractivity contribution in [2.75, 3.05) is 36.4 Å². The highest BCUT2D eigenvalue weighted by molar-refractivity contribution is 7.21. The van der Waals surface area contributed by atoms with E-state index in [4.69, 9.17) is 4.98 Å². The van der Waals surface area contributed by atoms with Crippen molar-refractivity contribution < 1.29 is 4.79 Å². The first-order valence-corrected chi connectivity index (χ1v) is 10.2. The molecule has 5 nitrogen and oxygen atoms in total. The molecule has 3 aromatic rings. The minimum absolute atomic E-state index is 0.0198. The van der Waals surface area contributed by atoms with Crippen LogP contribution in [0.3, 0.4) is 0 Å². The zero-order chi connectivity index (χ0) is 17.7. The molecule has 134 valence electrons. The Balaban J connectivity index is 1.63. The summed E-state index contributed by atoms with van der Waals surface area (Å²) >= 11 is 1.56. The number of thiophene rings is 1. The Morgan fingerprint density at radius 3 is 2.77 bits per heavy atom. The summed E-state index contributed by atoms with van der Waals surface area (Å²) in [5, 5.41) is 8.65. The van der Waals surface area contributed by atoms with Crippen molar-refractivity contribution in [1.29, 1.82) is 0 Å². The van der Waals surface area contributed by atoms with E-state index in [0.717, 1.165) is 62.9 Å². The van der Waals surface area contributed by atoms with E-state index in [1.54, 1.807) is 11.3 Å². The maximum Gasteiger partial charge on any atom is 0.263 e. The van der Waals surface area contributed by atoms with Crippen LogP contribution in [-0.2, 0) is 0 Å². The van der Waals surface area contributed by atoms with Crippen LogP contribution in [0.5, 0.6) is 0 Å². The largest absolute Gasteiger partial charge is 0.381 e. The summed E-state index contributed by atoms with van der Waals surface area (Å²) in [6.45, 7) is 5.89. The number of fused-ring (bicyclic) bond motifs is 5. The normalized spacial score (nSPS) is 18.5. The van der Waals surface area contributed by atoms with Crippen LogP contribution in [0.1, 0.15) is 29.4 Å². The molecule has 1 saturated heterocycles. The molecule has 1 amide bonds. The first kappa shape index (κ1) is 15.9. The predicted molar refractivity (Wildman–Crippen MR) is 109 cm³/mol. The number of rotatable bonds is 1. The summed E-state index contributed by atoms with van der Waals surface area (Å²) < 4.78 is 1.13. The number of piperidine rings is 1. The van der Waals surface area contributed by atoms with E-state index in [1.807, 2.05) is 0 Å². The zero-order valence-corrected chi connectivity index (χ0v) is 15.7. The number of hydrogen-bond acceptors (Lipinski definition) is 5. The monoisotopic (exact) mass is 366 g/mol. The minimum Gasteiger partial charge on any atom is -0.381 e. The number of nitrogens with one attached hydrogen (secondary N) is 2. The summed E-state index contributed by atoms with van der Waals surface area (Å²) in [5.41, 5.74) is 1.97. The molecule has 26 heavy (non-hydrogen) atoms. The number of carbonyl (C=O) groups excluding carboxylic acids is 1. The number of pyridine rings is 1. The Bertz CT molecular complexity index is 1000. The molecule has 0 aliphatic carbocycles. The van der Waals surface area contributed by atoms with Gasteiger partial charge in [-0.25, -0.2) is 4.98 Å². The van der Waals surface area contributed by atoms with Crippen LogP contribution in [0.2, 0.25) is 0 Å². The van der Waals surface area contributed by atoms with E-state index in [-0.39, 0.29) is 5.91 Å². The van der Waals surface area contributed by atoms with Gasteiger partial charge in [-0.2, -0.15) is 0 Å². The lowest BCUT2D eigenvalue weighted by atomic mass is 9.99. The zero-order valence-electron chi connectivity index (χ0n) is 14.8. The minimum atomic E-state index is 0.0198. The SMILES string of the molecule is CC1CCN(c2ccc3c(ccc4sc5c(c43)NCCNC5=O)n2)CC1. The average Bonchev–Trinajstić information content (AvgIpc) is 2.95. The van der Waals surface area contributed by atoms with Crippen molar-refractivity contribution in [2.45, 2.75) is 19.8 Å². The highest BCUT2D eigenvalue weighted by Crippen LogP contribution is 2.41. The standard InChI is InChI=1S/C20H22N4OS/c1-12-6-10-24(11-7-12)16-5-2-13-14(23-16)3-4-15-17(13)18-19(26-15)20(25)22-9-8-21-18/h2-5,12,21H,6-11H2,1H3,(H,22,25). The van der Waals surface area contributed by atoms with Gasteiger partial charge in [0.25, 0.3) is 5.91 Å². The van der Waals surface area contributed by atoms with Gasteiger partial charge in [0.2, 0.25) is 0 Å². The van der Waals surface area contributed by atoms with E-state index in [2.05, 4.69) is 46.7 Å². The third kappa shape index (κ3) is 2.51. The number of nitrogens with zero attached hydrogens (tertiary/aromatic N) is 2. The number of carbonyl (C=O) groups is 1. The highest BCUT2D eigenvalue weighted by atomic mass is 32.1. The molecule has 5 rings (SSSR count). The molecule has 6 heteroatoms. The van der Waals surface area contributed by atoms with Gasteiger partial charge in [0, 0.05) is 41.7 Å². The second kappa shape index (κ2) is 6.13.